The van der Waals surface area contributed by atoms with E-state index in [0.717, 1.165) is 31.7 Å². The highest BCUT2D eigenvalue weighted by Crippen LogP contribution is 2.28. The number of hydrogen-bond acceptors (Lipinski definition) is 4. The van der Waals surface area contributed by atoms with Gasteiger partial charge in [0.2, 0.25) is 0 Å². The van der Waals surface area contributed by atoms with E-state index in [1.165, 1.54) is 19.3 Å². The van der Waals surface area contributed by atoms with Crippen LogP contribution in [0.15, 0.2) is 12.1 Å². The number of hydrogen-bond donors (Lipinski definition) is 0. The van der Waals surface area contributed by atoms with Gasteiger partial charge in [0.25, 0.3) is 0 Å². The van der Waals surface area contributed by atoms with Crippen LogP contribution in [-0.2, 0) is 0 Å². The second-order valence-corrected chi connectivity index (χ2v) is 6.78. The monoisotopic (exact) mass is 334 g/mol. The summed E-state index contributed by atoms with van der Waals surface area (Å²) in [6, 6.07) is 4.25. The molecule has 0 saturated heterocycles. The maximum absolute atomic E-state index is 5.80. The lowest BCUT2D eigenvalue weighted by molar-refractivity contribution is 0.367. The van der Waals surface area contributed by atoms with Crippen LogP contribution >= 0.6 is 11.6 Å². The molecule has 0 aliphatic heterocycles. The van der Waals surface area contributed by atoms with Crippen LogP contribution < -0.4 is 4.90 Å². The van der Waals surface area contributed by atoms with Crippen molar-refractivity contribution < 1.29 is 0 Å². The van der Waals surface area contributed by atoms with Crippen LogP contribution in [0.25, 0.3) is 0 Å². The molecule has 126 valence electrons. The van der Waals surface area contributed by atoms with Gasteiger partial charge in [0, 0.05) is 19.0 Å². The maximum atomic E-state index is 5.80. The zero-order valence-electron chi connectivity index (χ0n) is 14.4. The molecule has 1 saturated carbocycles. The van der Waals surface area contributed by atoms with Gasteiger partial charge in [-0.2, -0.15) is 0 Å². The second kappa shape index (κ2) is 9.10. The molecule has 0 radical (unpaired) electrons. The van der Waals surface area contributed by atoms with Gasteiger partial charge >= 0.3 is 0 Å². The molecule has 0 atom stereocenters. The number of nitrogens with zero attached hydrogens (tertiary/aromatic N) is 4. The van der Waals surface area contributed by atoms with E-state index in [0.29, 0.717) is 17.1 Å². The van der Waals surface area contributed by atoms with Gasteiger partial charge in [-0.1, -0.05) is 30.4 Å². The molecule has 23 heavy (non-hydrogen) atoms. The minimum absolute atomic E-state index is 0.439. The van der Waals surface area contributed by atoms with Crippen molar-refractivity contribution in [3.8, 4) is 11.8 Å². The third kappa shape index (κ3) is 5.67. The van der Waals surface area contributed by atoms with Gasteiger partial charge in [-0.05, 0) is 57.8 Å². The third-order valence-corrected chi connectivity index (χ3v) is 4.69. The summed E-state index contributed by atoms with van der Waals surface area (Å²) in [5.41, 5.74) is 0. The van der Waals surface area contributed by atoms with Gasteiger partial charge < -0.3 is 4.90 Å². The molecular weight excluding hydrogens is 308 g/mol. The summed E-state index contributed by atoms with van der Waals surface area (Å²) in [6.45, 7) is 4.20. The molecule has 1 aliphatic rings. The molecule has 0 amide bonds. The van der Waals surface area contributed by atoms with E-state index < -0.39 is 0 Å². The molecular formula is C18H27ClN4. The predicted octanol–water partition coefficient (Wildman–Crippen LogP) is 3.47. The van der Waals surface area contributed by atoms with Crippen LogP contribution in [0.2, 0.25) is 5.15 Å². The first-order valence-electron chi connectivity index (χ1n) is 8.49. The molecule has 0 N–H and O–H groups in total. The summed E-state index contributed by atoms with van der Waals surface area (Å²) in [7, 11) is 4.23. The molecule has 0 spiro atoms. The van der Waals surface area contributed by atoms with Crippen molar-refractivity contribution in [3.63, 3.8) is 0 Å². The highest BCUT2D eigenvalue weighted by molar-refractivity contribution is 6.29. The van der Waals surface area contributed by atoms with Crippen LogP contribution in [0.3, 0.4) is 0 Å². The van der Waals surface area contributed by atoms with Gasteiger partial charge in [-0.15, -0.1) is 10.2 Å². The molecule has 0 bridgehead atoms. The molecule has 1 aromatic rings. The minimum atomic E-state index is 0.439. The zero-order chi connectivity index (χ0) is 16.7. The largest absolute Gasteiger partial charge is 0.355 e. The Balaban J connectivity index is 1.79. The topological polar surface area (TPSA) is 32.3 Å². The summed E-state index contributed by atoms with van der Waals surface area (Å²) in [5, 5.41) is 8.54. The Morgan fingerprint density at radius 3 is 2.52 bits per heavy atom. The molecule has 1 fully saturated rings. The van der Waals surface area contributed by atoms with Crippen LogP contribution in [0.1, 0.15) is 39.0 Å². The van der Waals surface area contributed by atoms with Gasteiger partial charge in [-0.25, -0.2) is 0 Å². The number of anilines is 1. The third-order valence-electron chi connectivity index (χ3n) is 4.48. The Labute approximate surface area is 145 Å². The lowest BCUT2D eigenvalue weighted by Gasteiger charge is -2.33. The smallest absolute Gasteiger partial charge is 0.151 e. The molecule has 4 nitrogen and oxygen atoms in total. The average Bonchev–Trinajstić information content (AvgIpc) is 2.56. The molecule has 0 unspecified atom stereocenters. The normalized spacial score (nSPS) is 20.9. The van der Waals surface area contributed by atoms with Crippen molar-refractivity contribution in [3.05, 3.63) is 17.3 Å². The molecule has 0 aromatic carbocycles. The van der Waals surface area contributed by atoms with E-state index in [2.05, 4.69) is 52.9 Å². The minimum Gasteiger partial charge on any atom is -0.355 e. The van der Waals surface area contributed by atoms with E-state index >= 15 is 0 Å². The standard InChI is InChI=1S/C18H27ClN4/c1-4-13-22(2)14-5-6-15-7-9-16(10-8-15)23(3)18-12-11-17(19)20-21-18/h11-12,15-16H,4,7-10,13-14H2,1-3H3/t15-,16-. The Bertz CT molecular complexity index is 526. The zero-order valence-corrected chi connectivity index (χ0v) is 15.2. The summed E-state index contributed by atoms with van der Waals surface area (Å²) >= 11 is 5.80. The quantitative estimate of drug-likeness (QED) is 0.772. The van der Waals surface area contributed by atoms with Crippen LogP contribution in [0, 0.1) is 17.8 Å². The van der Waals surface area contributed by atoms with Gasteiger partial charge in [0.15, 0.2) is 11.0 Å². The number of rotatable bonds is 5. The van der Waals surface area contributed by atoms with E-state index in [1.807, 2.05) is 6.07 Å². The van der Waals surface area contributed by atoms with Crippen molar-refractivity contribution >= 4 is 17.4 Å². The second-order valence-electron chi connectivity index (χ2n) is 6.39. The average molecular weight is 335 g/mol. The Hall–Kier alpha value is -1.31. The lowest BCUT2D eigenvalue weighted by Crippen LogP contribution is -2.35. The van der Waals surface area contributed by atoms with Crippen molar-refractivity contribution in [2.45, 2.75) is 45.1 Å². The van der Waals surface area contributed by atoms with Gasteiger partial charge in [-0.3, -0.25) is 4.90 Å². The van der Waals surface area contributed by atoms with Gasteiger partial charge in [0.1, 0.15) is 0 Å². The highest BCUT2D eigenvalue weighted by Gasteiger charge is 2.23. The van der Waals surface area contributed by atoms with Crippen molar-refractivity contribution in [2.75, 3.05) is 32.1 Å². The summed E-state index contributed by atoms with van der Waals surface area (Å²) in [5.74, 6) is 8.25. The Morgan fingerprint density at radius 1 is 1.17 bits per heavy atom. The summed E-state index contributed by atoms with van der Waals surface area (Å²) < 4.78 is 0. The Morgan fingerprint density at radius 2 is 1.91 bits per heavy atom. The first-order chi connectivity index (χ1) is 11.1. The van der Waals surface area contributed by atoms with E-state index in [9.17, 15) is 0 Å². The van der Waals surface area contributed by atoms with E-state index in [1.54, 1.807) is 6.07 Å². The first-order valence-corrected chi connectivity index (χ1v) is 8.87. The fourth-order valence-corrected chi connectivity index (χ4v) is 3.18. The van der Waals surface area contributed by atoms with Crippen molar-refractivity contribution in [1.29, 1.82) is 0 Å². The van der Waals surface area contributed by atoms with Crippen LogP contribution in [0.5, 0.6) is 0 Å². The predicted molar refractivity (Wildman–Crippen MR) is 96.8 cm³/mol. The first kappa shape index (κ1) is 18.0. The molecule has 1 heterocycles. The van der Waals surface area contributed by atoms with Crippen LogP contribution in [0.4, 0.5) is 5.82 Å². The fourth-order valence-electron chi connectivity index (χ4n) is 3.08. The SMILES string of the molecule is CCCN(C)CC#C[C@H]1CC[C@H](N(C)c2ccc(Cl)nn2)CC1. The molecule has 2 rings (SSSR count). The Kier molecular flexibility index (Phi) is 7.14. The van der Waals surface area contributed by atoms with E-state index in [-0.39, 0.29) is 0 Å². The summed E-state index contributed by atoms with van der Waals surface area (Å²) in [4.78, 5) is 4.51. The number of halogens is 1. The molecule has 5 heteroatoms. The fraction of sp³-hybridized carbons (Fsp3) is 0.667. The van der Waals surface area contributed by atoms with Crippen molar-refractivity contribution in [2.24, 2.45) is 5.92 Å². The lowest BCUT2D eigenvalue weighted by atomic mass is 9.86. The van der Waals surface area contributed by atoms with Crippen molar-refractivity contribution in [1.82, 2.24) is 15.1 Å². The maximum Gasteiger partial charge on any atom is 0.151 e. The van der Waals surface area contributed by atoms with Crippen LogP contribution in [-0.4, -0.2) is 48.3 Å². The summed E-state index contributed by atoms with van der Waals surface area (Å²) in [6.07, 6.45) is 5.83. The van der Waals surface area contributed by atoms with Gasteiger partial charge in [0.05, 0.1) is 6.54 Å². The molecule has 1 aliphatic carbocycles. The number of aromatic nitrogens is 2. The van der Waals surface area contributed by atoms with E-state index in [4.69, 9.17) is 11.6 Å². The highest BCUT2D eigenvalue weighted by atomic mass is 35.5. The molecule has 1 aromatic heterocycles.